The Kier molecular flexibility index (Phi) is 5.06. The summed E-state index contributed by atoms with van der Waals surface area (Å²) in [5.41, 5.74) is 0. The summed E-state index contributed by atoms with van der Waals surface area (Å²) in [6.45, 7) is 3.90. The zero-order valence-electron chi connectivity index (χ0n) is 7.70. The average molecular weight is 170 g/mol. The van der Waals surface area contributed by atoms with Crippen LogP contribution in [0.5, 0.6) is 0 Å². The number of amides is 1. The number of rotatable bonds is 4. The third-order valence-corrected chi connectivity index (χ3v) is 1.45. The first-order chi connectivity index (χ1) is 5.63. The number of hydrogen-bond donors (Lipinski definition) is 0. The lowest BCUT2D eigenvalue weighted by molar-refractivity contribution is -0.136. The highest BCUT2D eigenvalue weighted by atomic mass is 16.5. The van der Waals surface area contributed by atoms with E-state index in [0.29, 0.717) is 0 Å². The molecule has 0 aliphatic rings. The van der Waals surface area contributed by atoms with Gasteiger partial charge in [-0.05, 0) is 13.8 Å². The van der Waals surface area contributed by atoms with Crippen molar-refractivity contribution in [3.05, 3.63) is 0 Å². The minimum Gasteiger partial charge on any atom is -0.375 e. The maximum Gasteiger partial charge on any atom is 0.249 e. The Labute approximate surface area is 72.7 Å². The van der Waals surface area contributed by atoms with Crippen molar-refractivity contribution < 1.29 is 9.53 Å². The molecular weight excluding hydrogens is 156 g/mol. The molecule has 0 unspecified atom stereocenters. The van der Waals surface area contributed by atoms with Gasteiger partial charge in [-0.2, -0.15) is 5.26 Å². The molecule has 0 aromatic carbocycles. The predicted octanol–water partition coefficient (Wildman–Crippen LogP) is 0.393. The third kappa shape index (κ3) is 3.35. The first-order valence-corrected chi connectivity index (χ1v) is 3.78. The second kappa shape index (κ2) is 5.56. The molecule has 0 aromatic heterocycles. The summed E-state index contributed by atoms with van der Waals surface area (Å²) in [6, 6.07) is 1.99. The van der Waals surface area contributed by atoms with Crippen LogP contribution in [0, 0.1) is 11.3 Å². The summed E-state index contributed by atoms with van der Waals surface area (Å²) in [6.07, 6.45) is 0. The number of ether oxygens (including phenoxy) is 1. The standard InChI is InChI=1S/C8H14N2O2/c1-7(2)10(5-4-9)8(11)6-12-3/h7H,5-6H2,1-3H3. The van der Waals surface area contributed by atoms with Gasteiger partial charge < -0.3 is 9.64 Å². The van der Waals surface area contributed by atoms with Crippen molar-refractivity contribution in [1.82, 2.24) is 4.90 Å². The molecular formula is C8H14N2O2. The molecule has 0 radical (unpaired) electrons. The molecule has 4 nitrogen and oxygen atoms in total. The topological polar surface area (TPSA) is 53.3 Å². The lowest BCUT2D eigenvalue weighted by Gasteiger charge is -2.23. The fourth-order valence-corrected chi connectivity index (χ4v) is 0.841. The normalized spacial score (nSPS) is 9.58. The van der Waals surface area contributed by atoms with Crippen LogP contribution in [0.25, 0.3) is 0 Å². The maximum atomic E-state index is 11.2. The summed E-state index contributed by atoms with van der Waals surface area (Å²) in [5, 5.41) is 8.42. The summed E-state index contributed by atoms with van der Waals surface area (Å²) in [5.74, 6) is -0.144. The predicted molar refractivity (Wildman–Crippen MR) is 44.3 cm³/mol. The first kappa shape index (κ1) is 10.9. The summed E-state index contributed by atoms with van der Waals surface area (Å²) in [4.78, 5) is 12.7. The van der Waals surface area contributed by atoms with Crippen LogP contribution in [0.4, 0.5) is 0 Å². The molecule has 0 aliphatic heterocycles. The number of methoxy groups -OCH3 is 1. The van der Waals surface area contributed by atoms with Crippen LogP contribution in [0.3, 0.4) is 0 Å². The van der Waals surface area contributed by atoms with Crippen LogP contribution in [0.1, 0.15) is 13.8 Å². The lowest BCUT2D eigenvalue weighted by Crippen LogP contribution is -2.39. The summed E-state index contributed by atoms with van der Waals surface area (Å²) >= 11 is 0. The molecule has 0 atom stereocenters. The van der Waals surface area contributed by atoms with Crippen LogP contribution < -0.4 is 0 Å². The molecule has 0 heterocycles. The van der Waals surface area contributed by atoms with Gasteiger partial charge >= 0.3 is 0 Å². The smallest absolute Gasteiger partial charge is 0.249 e. The van der Waals surface area contributed by atoms with Crippen molar-refractivity contribution in [2.24, 2.45) is 0 Å². The van der Waals surface area contributed by atoms with Crippen molar-refractivity contribution >= 4 is 5.91 Å². The van der Waals surface area contributed by atoms with Gasteiger partial charge in [-0.15, -0.1) is 0 Å². The van der Waals surface area contributed by atoms with Crippen molar-refractivity contribution in [2.45, 2.75) is 19.9 Å². The molecule has 0 aromatic rings. The van der Waals surface area contributed by atoms with Crippen LogP contribution >= 0.6 is 0 Å². The number of hydrogen-bond acceptors (Lipinski definition) is 3. The zero-order valence-corrected chi connectivity index (χ0v) is 7.70. The van der Waals surface area contributed by atoms with E-state index in [4.69, 9.17) is 5.26 Å². The number of carbonyl (C=O) groups excluding carboxylic acids is 1. The van der Waals surface area contributed by atoms with E-state index in [1.54, 1.807) is 0 Å². The Morgan fingerprint density at radius 2 is 2.25 bits per heavy atom. The van der Waals surface area contributed by atoms with Gasteiger partial charge in [0.25, 0.3) is 0 Å². The average Bonchev–Trinajstić information content (AvgIpc) is 1.99. The van der Waals surface area contributed by atoms with E-state index in [9.17, 15) is 4.79 Å². The van der Waals surface area contributed by atoms with E-state index < -0.39 is 0 Å². The van der Waals surface area contributed by atoms with E-state index >= 15 is 0 Å². The summed E-state index contributed by atoms with van der Waals surface area (Å²) in [7, 11) is 1.46. The van der Waals surface area contributed by atoms with E-state index in [1.165, 1.54) is 12.0 Å². The Hall–Kier alpha value is -1.08. The van der Waals surface area contributed by atoms with Crippen LogP contribution in [-0.2, 0) is 9.53 Å². The van der Waals surface area contributed by atoms with Crippen molar-refractivity contribution in [3.8, 4) is 6.07 Å². The molecule has 0 N–H and O–H groups in total. The summed E-state index contributed by atoms with van der Waals surface area (Å²) < 4.78 is 4.68. The number of nitrogens with zero attached hydrogens (tertiary/aromatic N) is 2. The van der Waals surface area contributed by atoms with E-state index in [1.807, 2.05) is 19.9 Å². The molecule has 68 valence electrons. The third-order valence-electron chi connectivity index (χ3n) is 1.45. The minimum absolute atomic E-state index is 0.0415. The quantitative estimate of drug-likeness (QED) is 0.573. The Bertz CT molecular complexity index is 184. The van der Waals surface area contributed by atoms with Crippen molar-refractivity contribution in [1.29, 1.82) is 5.26 Å². The maximum absolute atomic E-state index is 11.2. The highest BCUT2D eigenvalue weighted by Gasteiger charge is 2.15. The van der Waals surface area contributed by atoms with Gasteiger partial charge in [0.1, 0.15) is 13.2 Å². The van der Waals surface area contributed by atoms with Gasteiger partial charge in [0.05, 0.1) is 6.07 Å². The minimum atomic E-state index is -0.144. The molecule has 0 spiro atoms. The largest absolute Gasteiger partial charge is 0.375 e. The van der Waals surface area contributed by atoms with Gasteiger partial charge in [-0.25, -0.2) is 0 Å². The fourth-order valence-electron chi connectivity index (χ4n) is 0.841. The van der Waals surface area contributed by atoms with Crippen LogP contribution in [-0.4, -0.2) is 37.1 Å². The van der Waals surface area contributed by atoms with Crippen molar-refractivity contribution in [2.75, 3.05) is 20.3 Å². The Balaban J connectivity index is 4.11. The Morgan fingerprint density at radius 3 is 2.58 bits per heavy atom. The van der Waals surface area contributed by atoms with Gasteiger partial charge in [0.15, 0.2) is 0 Å². The molecule has 0 bridgehead atoms. The molecule has 0 saturated heterocycles. The highest BCUT2D eigenvalue weighted by Crippen LogP contribution is 1.97. The van der Waals surface area contributed by atoms with Gasteiger partial charge in [0, 0.05) is 13.2 Å². The zero-order chi connectivity index (χ0) is 9.56. The second-order valence-corrected chi connectivity index (χ2v) is 2.71. The van der Waals surface area contributed by atoms with Crippen LogP contribution in [0.2, 0.25) is 0 Å². The van der Waals surface area contributed by atoms with Gasteiger partial charge in [0.2, 0.25) is 5.91 Å². The Morgan fingerprint density at radius 1 is 1.67 bits per heavy atom. The highest BCUT2D eigenvalue weighted by molar-refractivity contribution is 5.77. The van der Waals surface area contributed by atoms with Crippen molar-refractivity contribution in [3.63, 3.8) is 0 Å². The first-order valence-electron chi connectivity index (χ1n) is 3.78. The lowest BCUT2D eigenvalue weighted by atomic mass is 10.3. The molecule has 4 heteroatoms. The van der Waals surface area contributed by atoms with E-state index in [-0.39, 0.29) is 25.1 Å². The molecule has 12 heavy (non-hydrogen) atoms. The molecule has 1 amide bonds. The monoisotopic (exact) mass is 170 g/mol. The SMILES string of the molecule is COCC(=O)N(CC#N)C(C)C. The molecule has 0 aliphatic carbocycles. The fraction of sp³-hybridized carbons (Fsp3) is 0.750. The van der Waals surface area contributed by atoms with Crippen LogP contribution in [0.15, 0.2) is 0 Å². The van der Waals surface area contributed by atoms with Gasteiger partial charge in [-0.3, -0.25) is 4.79 Å². The van der Waals surface area contributed by atoms with E-state index in [2.05, 4.69) is 4.74 Å². The molecule has 0 fully saturated rings. The number of carbonyl (C=O) groups is 1. The molecule has 0 saturated carbocycles. The molecule has 0 rings (SSSR count). The number of nitriles is 1. The van der Waals surface area contributed by atoms with E-state index in [0.717, 1.165) is 0 Å². The van der Waals surface area contributed by atoms with Gasteiger partial charge in [-0.1, -0.05) is 0 Å². The second-order valence-electron chi connectivity index (χ2n) is 2.71.